The monoisotopic (exact) mass is 400 g/mol. The number of nitrogens with two attached hydrogens (primary N) is 1. The highest BCUT2D eigenvalue weighted by Gasteiger charge is 2.28. The number of carbonyl (C=O) groups is 1. The highest BCUT2D eigenvalue weighted by atomic mass is 32.1. The van der Waals surface area contributed by atoms with Gasteiger partial charge in [-0.3, -0.25) is 10.2 Å². The van der Waals surface area contributed by atoms with E-state index >= 15 is 0 Å². The van der Waals surface area contributed by atoms with Crippen LogP contribution in [0.4, 0.5) is 5.00 Å². The van der Waals surface area contributed by atoms with Crippen molar-refractivity contribution in [1.82, 2.24) is 4.98 Å². The number of hydrogen-bond donors (Lipinski definition) is 3. The van der Waals surface area contributed by atoms with E-state index in [2.05, 4.69) is 39.6 Å². The maximum absolute atomic E-state index is 12.5. The van der Waals surface area contributed by atoms with Gasteiger partial charge in [-0.15, -0.1) is 11.3 Å². The predicted octanol–water partition coefficient (Wildman–Crippen LogP) is 5.42. The smallest absolute Gasteiger partial charge is 0.227 e. The van der Waals surface area contributed by atoms with E-state index < -0.39 is 0 Å². The molecule has 0 fully saturated rings. The molecule has 0 unspecified atom stereocenters. The number of hydrogen-bond acceptors (Lipinski definition) is 4. The SMILES string of the molecule is CN(C(=O)CC(C)(C)C)c1cc2[nH]c(C(=N)C3=C(N)CC(C)(C)CC3)cc2s1. The maximum Gasteiger partial charge on any atom is 0.227 e. The van der Waals surface area contributed by atoms with Gasteiger partial charge in [-0.1, -0.05) is 34.6 Å². The fourth-order valence-electron chi connectivity index (χ4n) is 3.69. The second-order valence-corrected chi connectivity index (χ2v) is 11.0. The average Bonchev–Trinajstić information content (AvgIpc) is 3.09. The Labute approximate surface area is 171 Å². The zero-order valence-electron chi connectivity index (χ0n) is 17.8. The lowest BCUT2D eigenvalue weighted by Gasteiger charge is -2.31. The van der Waals surface area contributed by atoms with Crippen molar-refractivity contribution in [2.24, 2.45) is 16.6 Å². The lowest BCUT2D eigenvalue weighted by Crippen LogP contribution is -2.29. The number of anilines is 1. The molecule has 0 radical (unpaired) electrons. The molecule has 1 aliphatic carbocycles. The van der Waals surface area contributed by atoms with Gasteiger partial charge in [0.2, 0.25) is 5.91 Å². The summed E-state index contributed by atoms with van der Waals surface area (Å²) in [6.45, 7) is 10.7. The molecule has 2 aromatic heterocycles. The van der Waals surface area contributed by atoms with Crippen LogP contribution in [0.2, 0.25) is 0 Å². The summed E-state index contributed by atoms with van der Waals surface area (Å²) in [6, 6.07) is 4.01. The fraction of sp³-hybridized carbons (Fsp3) is 0.545. The number of aromatic nitrogens is 1. The van der Waals surface area contributed by atoms with Crippen molar-refractivity contribution < 1.29 is 4.79 Å². The standard InChI is InChI=1S/C22H32N4OS/c1-21(2,3)12-18(27)26(6)19-10-15-17(28-19)9-16(25-15)20(24)13-7-8-22(4,5)11-14(13)23/h9-10,24-25H,7-8,11-12,23H2,1-6H3. The Kier molecular flexibility index (Phi) is 5.21. The number of carbonyl (C=O) groups excluding carboxylic acids is 1. The molecule has 0 aliphatic heterocycles. The lowest BCUT2D eigenvalue weighted by molar-refractivity contribution is -0.119. The first-order chi connectivity index (χ1) is 12.9. The van der Waals surface area contributed by atoms with E-state index in [4.69, 9.17) is 11.1 Å². The summed E-state index contributed by atoms with van der Waals surface area (Å²) >= 11 is 1.58. The van der Waals surface area contributed by atoms with Crippen molar-refractivity contribution in [2.45, 2.75) is 60.3 Å². The molecular formula is C22H32N4OS. The highest BCUT2D eigenvalue weighted by Crippen LogP contribution is 2.39. The molecule has 0 saturated carbocycles. The number of nitrogens with one attached hydrogen (secondary N) is 2. The first-order valence-electron chi connectivity index (χ1n) is 9.82. The van der Waals surface area contributed by atoms with Crippen molar-refractivity contribution >= 4 is 38.2 Å². The van der Waals surface area contributed by atoms with Crippen molar-refractivity contribution in [3.63, 3.8) is 0 Å². The van der Waals surface area contributed by atoms with Gasteiger partial charge in [-0.2, -0.15) is 0 Å². The minimum atomic E-state index is -0.0338. The van der Waals surface area contributed by atoms with Crippen molar-refractivity contribution in [2.75, 3.05) is 11.9 Å². The van der Waals surface area contributed by atoms with E-state index in [0.29, 0.717) is 12.1 Å². The summed E-state index contributed by atoms with van der Waals surface area (Å²) in [5, 5.41) is 9.55. The molecule has 0 bridgehead atoms. The van der Waals surface area contributed by atoms with Gasteiger partial charge >= 0.3 is 0 Å². The van der Waals surface area contributed by atoms with Crippen molar-refractivity contribution in [3.05, 3.63) is 29.1 Å². The van der Waals surface area contributed by atoms with Crippen LogP contribution in [-0.4, -0.2) is 23.7 Å². The third-order valence-corrected chi connectivity index (χ3v) is 6.52. The molecule has 3 rings (SSSR count). The fourth-order valence-corrected chi connectivity index (χ4v) is 4.72. The quantitative estimate of drug-likeness (QED) is 0.599. The van der Waals surface area contributed by atoms with E-state index in [1.807, 2.05) is 19.2 Å². The summed E-state index contributed by atoms with van der Waals surface area (Å²) in [5.41, 5.74) is 10.5. The largest absolute Gasteiger partial charge is 0.402 e. The Balaban J connectivity index is 1.81. The summed E-state index contributed by atoms with van der Waals surface area (Å²) in [6.07, 6.45) is 3.24. The van der Waals surface area contributed by atoms with Gasteiger partial charge in [0.1, 0.15) is 0 Å². The number of fused-ring (bicyclic) bond motifs is 1. The molecule has 2 heterocycles. The predicted molar refractivity (Wildman–Crippen MR) is 119 cm³/mol. The first kappa shape index (κ1) is 20.6. The second-order valence-electron chi connectivity index (χ2n) is 9.96. The first-order valence-corrected chi connectivity index (χ1v) is 10.6. The van der Waals surface area contributed by atoms with Gasteiger partial charge in [0.05, 0.1) is 26.6 Å². The summed E-state index contributed by atoms with van der Waals surface area (Å²) in [7, 11) is 1.83. The number of nitrogens with zero attached hydrogens (tertiary/aromatic N) is 1. The minimum absolute atomic E-state index is 0.0338. The number of H-pyrrole nitrogens is 1. The molecule has 0 saturated heterocycles. The molecule has 28 heavy (non-hydrogen) atoms. The van der Waals surface area contributed by atoms with Crippen molar-refractivity contribution in [3.8, 4) is 0 Å². The van der Waals surface area contributed by atoms with Gasteiger partial charge in [0, 0.05) is 19.2 Å². The number of amides is 1. The minimum Gasteiger partial charge on any atom is -0.402 e. The van der Waals surface area contributed by atoms with Crippen molar-refractivity contribution in [1.29, 1.82) is 5.41 Å². The van der Waals surface area contributed by atoms with Crippen LogP contribution in [-0.2, 0) is 4.79 Å². The highest BCUT2D eigenvalue weighted by molar-refractivity contribution is 7.23. The second kappa shape index (κ2) is 7.07. The van der Waals surface area contributed by atoms with Crippen LogP contribution < -0.4 is 10.6 Å². The molecule has 4 N–H and O–H groups in total. The number of thiophene rings is 1. The van der Waals surface area contributed by atoms with Crippen LogP contribution in [0.15, 0.2) is 23.4 Å². The molecular weight excluding hydrogens is 368 g/mol. The Morgan fingerprint density at radius 3 is 2.61 bits per heavy atom. The topological polar surface area (TPSA) is 86.0 Å². The van der Waals surface area contributed by atoms with Crippen LogP contribution in [0.3, 0.4) is 0 Å². The third kappa shape index (κ3) is 4.32. The van der Waals surface area contributed by atoms with Crippen LogP contribution in [0, 0.1) is 16.2 Å². The van der Waals surface area contributed by atoms with Crippen LogP contribution >= 0.6 is 11.3 Å². The Hall–Kier alpha value is -2.08. The molecule has 0 atom stereocenters. The molecule has 0 aromatic carbocycles. The van der Waals surface area contributed by atoms with Gasteiger partial charge in [-0.25, -0.2) is 0 Å². The zero-order valence-corrected chi connectivity index (χ0v) is 18.6. The van der Waals surface area contributed by atoms with Gasteiger partial charge in [0.15, 0.2) is 0 Å². The van der Waals surface area contributed by atoms with Gasteiger partial charge < -0.3 is 15.6 Å². The van der Waals surface area contributed by atoms with Crippen LogP contribution in [0.25, 0.3) is 10.2 Å². The molecule has 152 valence electrons. The normalized spacial score (nSPS) is 17.2. The molecule has 1 amide bonds. The van der Waals surface area contributed by atoms with Crippen LogP contribution in [0.5, 0.6) is 0 Å². The van der Waals surface area contributed by atoms with E-state index in [1.54, 1.807) is 16.2 Å². The number of rotatable bonds is 4. The maximum atomic E-state index is 12.5. The lowest BCUT2D eigenvalue weighted by atomic mass is 9.75. The van der Waals surface area contributed by atoms with E-state index in [9.17, 15) is 4.79 Å². The summed E-state index contributed by atoms with van der Waals surface area (Å²) in [4.78, 5) is 17.6. The Bertz CT molecular complexity index is 923. The summed E-state index contributed by atoms with van der Waals surface area (Å²) in [5.74, 6) is 0.118. The third-order valence-electron chi connectivity index (χ3n) is 5.36. The Morgan fingerprint density at radius 2 is 2.04 bits per heavy atom. The van der Waals surface area contributed by atoms with Gasteiger partial charge in [0.25, 0.3) is 0 Å². The summed E-state index contributed by atoms with van der Waals surface area (Å²) < 4.78 is 1.06. The van der Waals surface area contributed by atoms with Gasteiger partial charge in [-0.05, 0) is 47.8 Å². The number of allylic oxidation sites excluding steroid dienone is 2. The zero-order chi connectivity index (χ0) is 20.9. The molecule has 5 nitrogen and oxygen atoms in total. The molecule has 1 aliphatic rings. The van der Waals surface area contributed by atoms with E-state index in [1.165, 1.54) is 0 Å². The average molecular weight is 401 g/mol. The van der Waals surface area contributed by atoms with E-state index in [0.717, 1.165) is 51.4 Å². The van der Waals surface area contributed by atoms with E-state index in [-0.39, 0.29) is 16.7 Å². The molecule has 2 aromatic rings. The number of aromatic amines is 1. The molecule has 6 heteroatoms. The Morgan fingerprint density at radius 1 is 1.36 bits per heavy atom. The molecule has 0 spiro atoms. The van der Waals surface area contributed by atoms with Crippen LogP contribution in [0.1, 0.15) is 66.0 Å².